The van der Waals surface area contributed by atoms with Crippen LogP contribution in [0.4, 0.5) is 27.7 Å². The molecule has 0 bridgehead atoms. The second-order valence-electron chi connectivity index (χ2n) is 7.49. The number of hydrogen-bond acceptors (Lipinski definition) is 7. The minimum atomic E-state index is -0.494. The molecule has 4 rings (SSSR count). The molecule has 0 radical (unpaired) electrons. The zero-order valence-electron chi connectivity index (χ0n) is 19.1. The molecule has 34 heavy (non-hydrogen) atoms. The van der Waals surface area contributed by atoms with Crippen molar-refractivity contribution in [1.29, 1.82) is 0 Å². The van der Waals surface area contributed by atoms with Gasteiger partial charge in [0.05, 0.1) is 12.0 Å². The highest BCUT2D eigenvalue weighted by Gasteiger charge is 2.23. The third-order valence-corrected chi connectivity index (χ3v) is 5.17. The van der Waals surface area contributed by atoms with Crippen LogP contribution in [0.15, 0.2) is 59.3 Å². The average Bonchev–Trinajstić information content (AvgIpc) is 3.18. The van der Waals surface area contributed by atoms with E-state index in [0.29, 0.717) is 45.3 Å². The summed E-state index contributed by atoms with van der Waals surface area (Å²) in [5, 5.41) is 9.24. The van der Waals surface area contributed by atoms with Gasteiger partial charge in [-0.25, -0.2) is 19.6 Å². The fourth-order valence-corrected chi connectivity index (χ4v) is 3.48. The number of aryl methyl sites for hydroxylation is 2. The number of hydrogen-bond donors (Lipinski definition) is 3. The van der Waals surface area contributed by atoms with E-state index in [4.69, 9.17) is 9.15 Å². The zero-order valence-corrected chi connectivity index (χ0v) is 19.1. The second-order valence-corrected chi connectivity index (χ2v) is 7.49. The van der Waals surface area contributed by atoms with Crippen LogP contribution in [0.1, 0.15) is 35.5 Å². The van der Waals surface area contributed by atoms with Crippen molar-refractivity contribution < 1.29 is 18.7 Å². The molecule has 0 spiro atoms. The number of nitrogens with one attached hydrogen (secondary N) is 3. The molecule has 0 unspecified atom stereocenters. The monoisotopic (exact) mass is 459 g/mol. The first-order valence-corrected chi connectivity index (χ1v) is 10.9. The molecule has 0 atom stereocenters. The predicted molar refractivity (Wildman–Crippen MR) is 131 cm³/mol. The Morgan fingerprint density at radius 2 is 1.53 bits per heavy atom. The van der Waals surface area contributed by atoms with E-state index in [2.05, 4.69) is 32.8 Å². The fourth-order valence-electron chi connectivity index (χ4n) is 3.48. The van der Waals surface area contributed by atoms with Crippen LogP contribution in [0.25, 0.3) is 11.1 Å². The molecular weight excluding hydrogens is 434 g/mol. The van der Waals surface area contributed by atoms with Gasteiger partial charge in [-0.1, -0.05) is 19.1 Å². The summed E-state index contributed by atoms with van der Waals surface area (Å²) in [6, 6.07) is 14.5. The van der Waals surface area contributed by atoms with Gasteiger partial charge in [0.2, 0.25) is 5.71 Å². The van der Waals surface area contributed by atoms with E-state index >= 15 is 0 Å². The summed E-state index contributed by atoms with van der Waals surface area (Å²) in [5.74, 6) is 0.331. The lowest BCUT2D eigenvalue weighted by atomic mass is 10.1. The molecule has 9 heteroatoms. The summed E-state index contributed by atoms with van der Waals surface area (Å²) in [6.45, 7) is 5.74. The van der Waals surface area contributed by atoms with Crippen LogP contribution in [0.5, 0.6) is 0 Å². The highest BCUT2D eigenvalue weighted by Crippen LogP contribution is 2.31. The number of carbonyl (C=O) groups is 2. The minimum Gasteiger partial charge on any atom is -0.462 e. The second kappa shape index (κ2) is 10.0. The summed E-state index contributed by atoms with van der Waals surface area (Å²) in [6.07, 6.45) is 2.30. The lowest BCUT2D eigenvalue weighted by Crippen LogP contribution is -2.19. The highest BCUT2D eigenvalue weighted by molar-refractivity contribution is 6.08. The van der Waals surface area contributed by atoms with Crippen LogP contribution in [0, 0.1) is 6.92 Å². The van der Waals surface area contributed by atoms with Crippen LogP contribution < -0.4 is 16.0 Å². The number of fused-ring (bicyclic) bond motifs is 1. The lowest BCUT2D eigenvalue weighted by molar-refractivity contribution is 0.0526. The van der Waals surface area contributed by atoms with Crippen molar-refractivity contribution in [3.05, 3.63) is 71.7 Å². The number of rotatable bonds is 7. The molecule has 3 N–H and O–H groups in total. The summed E-state index contributed by atoms with van der Waals surface area (Å²) in [5.41, 5.74) is 3.83. The molecule has 2 aromatic carbocycles. The fraction of sp³-hybridized carbons (Fsp3) is 0.200. The van der Waals surface area contributed by atoms with Crippen molar-refractivity contribution in [3.63, 3.8) is 0 Å². The molecular formula is C25H25N5O4. The van der Waals surface area contributed by atoms with Crippen molar-refractivity contribution in [2.24, 2.45) is 0 Å². The van der Waals surface area contributed by atoms with Gasteiger partial charge in [0.15, 0.2) is 0 Å². The molecule has 2 amide bonds. The van der Waals surface area contributed by atoms with E-state index in [1.54, 1.807) is 38.1 Å². The Labute approximate surface area is 196 Å². The van der Waals surface area contributed by atoms with Gasteiger partial charge in [0.25, 0.3) is 0 Å². The van der Waals surface area contributed by atoms with Gasteiger partial charge in [-0.2, -0.15) is 0 Å². The summed E-state index contributed by atoms with van der Waals surface area (Å²) in [4.78, 5) is 33.1. The Balaban J connectivity index is 1.47. The van der Waals surface area contributed by atoms with Crippen LogP contribution in [0.2, 0.25) is 0 Å². The number of benzene rings is 2. The minimum absolute atomic E-state index is 0.244. The maximum atomic E-state index is 12.4. The number of aromatic nitrogens is 2. The van der Waals surface area contributed by atoms with E-state index in [1.807, 2.05) is 24.3 Å². The Morgan fingerprint density at radius 3 is 2.15 bits per heavy atom. The van der Waals surface area contributed by atoms with Crippen LogP contribution >= 0.6 is 0 Å². The third-order valence-electron chi connectivity index (χ3n) is 5.17. The van der Waals surface area contributed by atoms with Gasteiger partial charge in [-0.15, -0.1) is 0 Å². The van der Waals surface area contributed by atoms with E-state index in [9.17, 15) is 9.59 Å². The van der Waals surface area contributed by atoms with Crippen LogP contribution in [-0.4, -0.2) is 28.6 Å². The first kappa shape index (κ1) is 22.8. The Hall–Kier alpha value is -4.40. The molecule has 0 aliphatic heterocycles. The smallest absolute Gasteiger partial charge is 0.342 e. The highest BCUT2D eigenvalue weighted by atomic mass is 16.5. The van der Waals surface area contributed by atoms with Gasteiger partial charge in [-0.05, 0) is 62.2 Å². The van der Waals surface area contributed by atoms with Crippen molar-refractivity contribution in [2.75, 3.05) is 22.6 Å². The molecule has 0 saturated heterocycles. The number of furan rings is 1. The number of amides is 2. The number of anilines is 4. The first-order valence-electron chi connectivity index (χ1n) is 10.9. The normalized spacial score (nSPS) is 10.7. The summed E-state index contributed by atoms with van der Waals surface area (Å²) < 4.78 is 10.8. The SMILES string of the molecule is CCOC(=O)c1c(C)oc2ncnc(Nc3ccc(NC(=O)Nc4ccc(CC)cc4)cc3)c12. The average molecular weight is 460 g/mol. The maximum Gasteiger partial charge on any atom is 0.342 e. The van der Waals surface area contributed by atoms with Crippen molar-refractivity contribution >= 4 is 46.0 Å². The Kier molecular flexibility index (Phi) is 6.72. The molecule has 0 aliphatic rings. The largest absolute Gasteiger partial charge is 0.462 e. The number of carbonyl (C=O) groups excluding carboxylic acids is 2. The third kappa shape index (κ3) is 4.98. The molecule has 0 aliphatic carbocycles. The van der Waals surface area contributed by atoms with Crippen LogP contribution in [0.3, 0.4) is 0 Å². The van der Waals surface area contributed by atoms with Gasteiger partial charge < -0.3 is 25.1 Å². The topological polar surface area (TPSA) is 118 Å². The van der Waals surface area contributed by atoms with Gasteiger partial charge in [-0.3, -0.25) is 0 Å². The Morgan fingerprint density at radius 1 is 0.912 bits per heavy atom. The standard InChI is InChI=1S/C25H25N5O4/c1-4-16-6-8-18(9-7-16)29-25(32)30-19-12-10-17(11-13-19)28-22-21-20(24(31)33-5-2)15(3)34-23(21)27-14-26-22/h6-14H,4-5H2,1-3H3,(H,26,27,28)(H2,29,30,32). The number of nitrogens with zero attached hydrogens (tertiary/aromatic N) is 2. The predicted octanol–water partition coefficient (Wildman–Crippen LogP) is 5.66. The zero-order chi connectivity index (χ0) is 24.1. The van der Waals surface area contributed by atoms with Crippen molar-refractivity contribution in [3.8, 4) is 0 Å². The molecule has 174 valence electrons. The first-order chi connectivity index (χ1) is 16.5. The number of ether oxygens (including phenoxy) is 1. The number of esters is 1. The number of urea groups is 1. The molecule has 0 fully saturated rings. The molecule has 0 saturated carbocycles. The van der Waals surface area contributed by atoms with Gasteiger partial charge in [0, 0.05) is 17.1 Å². The van der Waals surface area contributed by atoms with E-state index < -0.39 is 5.97 Å². The molecule has 2 aromatic heterocycles. The van der Waals surface area contributed by atoms with E-state index in [1.165, 1.54) is 11.9 Å². The molecule has 2 heterocycles. The molecule has 9 nitrogen and oxygen atoms in total. The van der Waals surface area contributed by atoms with E-state index in [-0.39, 0.29) is 12.6 Å². The van der Waals surface area contributed by atoms with E-state index in [0.717, 1.165) is 6.42 Å². The van der Waals surface area contributed by atoms with Crippen LogP contribution in [-0.2, 0) is 11.2 Å². The maximum absolute atomic E-state index is 12.4. The van der Waals surface area contributed by atoms with Crippen molar-refractivity contribution in [1.82, 2.24) is 9.97 Å². The molecule has 4 aromatic rings. The van der Waals surface area contributed by atoms with Gasteiger partial charge >= 0.3 is 12.0 Å². The quantitative estimate of drug-likeness (QED) is 0.305. The lowest BCUT2D eigenvalue weighted by Gasteiger charge is -2.10. The van der Waals surface area contributed by atoms with Crippen molar-refractivity contribution in [2.45, 2.75) is 27.2 Å². The summed E-state index contributed by atoms with van der Waals surface area (Å²) in [7, 11) is 0. The Bertz CT molecular complexity index is 1310. The summed E-state index contributed by atoms with van der Waals surface area (Å²) >= 11 is 0. The van der Waals surface area contributed by atoms with Gasteiger partial charge in [0.1, 0.15) is 23.5 Å².